The molecule has 1 atom stereocenters. The Hall–Kier alpha value is -1.99. The maximum atomic E-state index is 12.7. The van der Waals surface area contributed by atoms with Gasteiger partial charge in [-0.25, -0.2) is 4.98 Å². The number of aromatic nitrogens is 2. The minimum absolute atomic E-state index is 0.0442. The Kier molecular flexibility index (Phi) is 4.94. The van der Waals surface area contributed by atoms with E-state index in [4.69, 9.17) is 0 Å². The monoisotopic (exact) mass is 357 g/mol. The molecule has 0 unspecified atom stereocenters. The lowest BCUT2D eigenvalue weighted by Crippen LogP contribution is -2.42. The highest BCUT2D eigenvalue weighted by Gasteiger charge is 2.22. The Balaban J connectivity index is 1.52. The maximum Gasteiger partial charge on any atom is 0.259 e. The number of H-pyrrole nitrogens is 1. The number of carbonyl (C=O) groups excluding carboxylic acids is 1. The van der Waals surface area contributed by atoms with Gasteiger partial charge in [-0.15, -0.1) is 11.8 Å². The number of carbonyl (C=O) groups is 1. The number of rotatable bonds is 3. The SMILES string of the molecule is O=C(N[C@@H]1CCCCNC1)C1=CN(c2ccnc3[nH]ccc23)CCS1. The number of hydrogen-bond donors (Lipinski definition) is 3. The number of anilines is 1. The molecule has 1 fully saturated rings. The van der Waals surface area contributed by atoms with E-state index in [1.807, 2.05) is 24.5 Å². The molecule has 2 aromatic rings. The van der Waals surface area contributed by atoms with E-state index in [1.54, 1.807) is 18.0 Å². The van der Waals surface area contributed by atoms with Gasteiger partial charge in [0, 0.05) is 48.9 Å². The predicted octanol–water partition coefficient (Wildman–Crippen LogP) is 2.22. The molecule has 1 saturated heterocycles. The second kappa shape index (κ2) is 7.49. The summed E-state index contributed by atoms with van der Waals surface area (Å²) in [7, 11) is 0. The molecule has 2 aromatic heterocycles. The number of thioether (sulfide) groups is 1. The Morgan fingerprint density at radius 2 is 2.32 bits per heavy atom. The summed E-state index contributed by atoms with van der Waals surface area (Å²) in [5.74, 6) is 0.943. The van der Waals surface area contributed by atoms with E-state index in [1.165, 1.54) is 12.8 Å². The van der Waals surface area contributed by atoms with Crippen molar-refractivity contribution < 1.29 is 4.79 Å². The lowest BCUT2D eigenvalue weighted by Gasteiger charge is -2.27. The standard InChI is InChI=1S/C18H23N5OS/c24-18(22-13-3-1-2-6-19-11-13)16-12-23(9-10-25-16)15-5-8-21-17-14(15)4-7-20-17/h4-5,7-8,12-13,19H,1-3,6,9-11H2,(H,20,21)(H,22,24)/t13-/m1/s1. The van der Waals surface area contributed by atoms with E-state index in [0.717, 1.165) is 53.4 Å². The Morgan fingerprint density at radius 3 is 3.28 bits per heavy atom. The molecule has 7 heteroatoms. The summed E-state index contributed by atoms with van der Waals surface area (Å²) in [6.07, 6.45) is 9.09. The van der Waals surface area contributed by atoms with Gasteiger partial charge in [0.2, 0.25) is 0 Å². The second-order valence-electron chi connectivity index (χ2n) is 6.48. The largest absolute Gasteiger partial charge is 0.348 e. The smallest absolute Gasteiger partial charge is 0.259 e. The van der Waals surface area contributed by atoms with Crippen LogP contribution in [0.2, 0.25) is 0 Å². The van der Waals surface area contributed by atoms with Crippen molar-refractivity contribution in [2.45, 2.75) is 25.3 Å². The molecule has 25 heavy (non-hydrogen) atoms. The molecule has 6 nitrogen and oxygen atoms in total. The third-order valence-electron chi connectivity index (χ3n) is 4.72. The number of nitrogens with one attached hydrogen (secondary N) is 3. The summed E-state index contributed by atoms with van der Waals surface area (Å²) < 4.78 is 0. The topological polar surface area (TPSA) is 73.1 Å². The van der Waals surface area contributed by atoms with E-state index >= 15 is 0 Å². The number of nitrogens with zero attached hydrogens (tertiary/aromatic N) is 2. The molecule has 0 aromatic carbocycles. The van der Waals surface area contributed by atoms with E-state index in [0.29, 0.717) is 0 Å². The van der Waals surface area contributed by atoms with Crippen molar-refractivity contribution in [3.05, 3.63) is 35.6 Å². The first kappa shape index (κ1) is 16.5. The van der Waals surface area contributed by atoms with Gasteiger partial charge in [-0.3, -0.25) is 4.79 Å². The number of fused-ring (bicyclic) bond motifs is 1. The Bertz CT molecular complexity index is 779. The molecule has 1 amide bonds. The van der Waals surface area contributed by atoms with Gasteiger partial charge in [0.15, 0.2) is 0 Å². The molecule has 3 N–H and O–H groups in total. The molecule has 2 aliphatic rings. The summed E-state index contributed by atoms with van der Waals surface area (Å²) in [6.45, 7) is 2.80. The van der Waals surface area contributed by atoms with Crippen LogP contribution in [0.4, 0.5) is 5.69 Å². The van der Waals surface area contributed by atoms with Crippen LogP contribution in [-0.4, -0.2) is 47.3 Å². The molecular formula is C18H23N5OS. The zero-order valence-corrected chi connectivity index (χ0v) is 14.9. The van der Waals surface area contributed by atoms with Crippen molar-refractivity contribution in [3.63, 3.8) is 0 Å². The van der Waals surface area contributed by atoms with Crippen LogP contribution < -0.4 is 15.5 Å². The van der Waals surface area contributed by atoms with Gasteiger partial charge in [0.1, 0.15) is 5.65 Å². The van der Waals surface area contributed by atoms with Crippen LogP contribution in [0, 0.1) is 0 Å². The van der Waals surface area contributed by atoms with E-state index < -0.39 is 0 Å². The van der Waals surface area contributed by atoms with Crippen molar-refractivity contribution in [3.8, 4) is 0 Å². The van der Waals surface area contributed by atoms with Gasteiger partial charge in [-0.1, -0.05) is 6.42 Å². The van der Waals surface area contributed by atoms with Gasteiger partial charge < -0.3 is 20.5 Å². The molecule has 2 aliphatic heterocycles. The molecule has 4 rings (SSSR count). The first-order chi connectivity index (χ1) is 12.3. The van der Waals surface area contributed by atoms with Crippen LogP contribution >= 0.6 is 11.8 Å². The van der Waals surface area contributed by atoms with Crippen molar-refractivity contribution in [2.24, 2.45) is 0 Å². The van der Waals surface area contributed by atoms with Crippen molar-refractivity contribution in [1.82, 2.24) is 20.6 Å². The van der Waals surface area contributed by atoms with Crippen LogP contribution in [0.5, 0.6) is 0 Å². The fourth-order valence-corrected chi connectivity index (χ4v) is 4.31. The lowest BCUT2D eigenvalue weighted by molar-refractivity contribution is -0.117. The normalized spacial score (nSPS) is 21.7. The second-order valence-corrected chi connectivity index (χ2v) is 7.61. The third kappa shape index (κ3) is 3.67. The molecular weight excluding hydrogens is 334 g/mol. The van der Waals surface area contributed by atoms with Gasteiger partial charge in [0.25, 0.3) is 5.91 Å². The molecule has 4 heterocycles. The average molecular weight is 357 g/mol. The van der Waals surface area contributed by atoms with Gasteiger partial charge in [0.05, 0.1) is 10.6 Å². The van der Waals surface area contributed by atoms with Crippen LogP contribution in [0.1, 0.15) is 19.3 Å². The maximum absolute atomic E-state index is 12.7. The van der Waals surface area contributed by atoms with E-state index in [9.17, 15) is 4.79 Å². The first-order valence-electron chi connectivity index (χ1n) is 8.86. The first-order valence-corrected chi connectivity index (χ1v) is 9.85. The highest BCUT2D eigenvalue weighted by Crippen LogP contribution is 2.30. The highest BCUT2D eigenvalue weighted by molar-refractivity contribution is 8.04. The molecule has 0 saturated carbocycles. The quantitative estimate of drug-likeness (QED) is 0.786. The van der Waals surface area contributed by atoms with Crippen LogP contribution in [0.25, 0.3) is 11.0 Å². The zero-order valence-electron chi connectivity index (χ0n) is 14.1. The number of amides is 1. The van der Waals surface area contributed by atoms with Gasteiger partial charge >= 0.3 is 0 Å². The minimum Gasteiger partial charge on any atom is -0.348 e. The minimum atomic E-state index is 0.0442. The molecule has 0 radical (unpaired) electrons. The molecule has 132 valence electrons. The molecule has 0 bridgehead atoms. The summed E-state index contributed by atoms with van der Waals surface area (Å²) in [5, 5.41) is 7.67. The third-order valence-corrected chi connectivity index (χ3v) is 5.70. The summed E-state index contributed by atoms with van der Waals surface area (Å²) in [6, 6.07) is 4.27. The lowest BCUT2D eigenvalue weighted by atomic mass is 10.1. The number of pyridine rings is 1. The summed E-state index contributed by atoms with van der Waals surface area (Å²) in [5.41, 5.74) is 1.97. The fourth-order valence-electron chi connectivity index (χ4n) is 3.41. The van der Waals surface area contributed by atoms with Crippen molar-refractivity contribution in [1.29, 1.82) is 0 Å². The van der Waals surface area contributed by atoms with Crippen LogP contribution in [0.3, 0.4) is 0 Å². The van der Waals surface area contributed by atoms with E-state index in [2.05, 4.69) is 25.5 Å². The number of hydrogen-bond acceptors (Lipinski definition) is 5. The Morgan fingerprint density at radius 1 is 1.36 bits per heavy atom. The van der Waals surface area contributed by atoms with E-state index in [-0.39, 0.29) is 11.9 Å². The van der Waals surface area contributed by atoms with Crippen molar-refractivity contribution in [2.75, 3.05) is 30.3 Å². The average Bonchev–Trinajstić information content (AvgIpc) is 2.99. The van der Waals surface area contributed by atoms with Gasteiger partial charge in [-0.05, 0) is 31.5 Å². The highest BCUT2D eigenvalue weighted by atomic mass is 32.2. The van der Waals surface area contributed by atoms with Crippen molar-refractivity contribution >= 4 is 34.4 Å². The zero-order chi connectivity index (χ0) is 17.1. The molecule has 0 aliphatic carbocycles. The van der Waals surface area contributed by atoms with Crippen LogP contribution in [-0.2, 0) is 4.79 Å². The summed E-state index contributed by atoms with van der Waals surface area (Å²) >= 11 is 1.63. The Labute approximate surface area is 151 Å². The number of aromatic amines is 1. The van der Waals surface area contributed by atoms with Gasteiger partial charge in [-0.2, -0.15) is 0 Å². The predicted molar refractivity (Wildman–Crippen MR) is 103 cm³/mol. The molecule has 0 spiro atoms. The van der Waals surface area contributed by atoms with Crippen LogP contribution in [0.15, 0.2) is 35.6 Å². The summed E-state index contributed by atoms with van der Waals surface area (Å²) in [4.78, 5) is 23.1. The fraction of sp³-hybridized carbons (Fsp3) is 0.444.